The van der Waals surface area contributed by atoms with Crippen LogP contribution in [0.5, 0.6) is 0 Å². The summed E-state index contributed by atoms with van der Waals surface area (Å²) >= 11 is 0. The van der Waals surface area contributed by atoms with Crippen LogP contribution in [0.1, 0.15) is 25.8 Å². The normalized spacial score (nSPS) is 11.4. The van der Waals surface area contributed by atoms with Crippen LogP contribution in [0, 0.1) is 5.41 Å². The fraction of sp³-hybridized carbons (Fsp3) is 0.385. The SMILES string of the molecule is C=C(CC(C)(C)CO)c1ccccc1. The Morgan fingerprint density at radius 3 is 2.36 bits per heavy atom. The zero-order valence-corrected chi connectivity index (χ0v) is 8.96. The molecule has 14 heavy (non-hydrogen) atoms. The zero-order valence-electron chi connectivity index (χ0n) is 8.96. The Hall–Kier alpha value is -1.08. The zero-order chi connectivity index (χ0) is 10.6. The van der Waals surface area contributed by atoms with E-state index in [4.69, 9.17) is 5.11 Å². The molecule has 76 valence electrons. The number of aliphatic hydroxyl groups is 1. The molecule has 0 aromatic heterocycles. The summed E-state index contributed by atoms with van der Waals surface area (Å²) in [5.41, 5.74) is 2.17. The van der Waals surface area contributed by atoms with Crippen LogP contribution < -0.4 is 0 Å². The van der Waals surface area contributed by atoms with Gasteiger partial charge in [-0.3, -0.25) is 0 Å². The first-order valence-electron chi connectivity index (χ1n) is 4.89. The topological polar surface area (TPSA) is 20.2 Å². The fourth-order valence-corrected chi connectivity index (χ4v) is 1.41. The summed E-state index contributed by atoms with van der Waals surface area (Å²) in [4.78, 5) is 0. The fourth-order valence-electron chi connectivity index (χ4n) is 1.41. The standard InChI is InChI=1S/C13H18O/c1-11(9-13(2,3)10-14)12-7-5-4-6-8-12/h4-8,14H,1,9-10H2,2-3H3. The molecule has 0 amide bonds. The van der Waals surface area contributed by atoms with Crippen LogP contribution in [0.3, 0.4) is 0 Å². The van der Waals surface area contributed by atoms with Gasteiger partial charge in [0, 0.05) is 6.61 Å². The van der Waals surface area contributed by atoms with Gasteiger partial charge in [-0.25, -0.2) is 0 Å². The molecule has 0 heterocycles. The Morgan fingerprint density at radius 2 is 1.86 bits per heavy atom. The molecule has 0 radical (unpaired) electrons. The van der Waals surface area contributed by atoms with Crippen molar-refractivity contribution in [1.29, 1.82) is 0 Å². The summed E-state index contributed by atoms with van der Waals surface area (Å²) in [6, 6.07) is 10.1. The molecule has 0 atom stereocenters. The Morgan fingerprint density at radius 1 is 1.29 bits per heavy atom. The van der Waals surface area contributed by atoms with Gasteiger partial charge in [0.2, 0.25) is 0 Å². The lowest BCUT2D eigenvalue weighted by molar-refractivity contribution is 0.164. The maximum atomic E-state index is 9.15. The second-order valence-electron chi connectivity index (χ2n) is 4.47. The largest absolute Gasteiger partial charge is 0.396 e. The molecule has 1 nitrogen and oxygen atoms in total. The lowest BCUT2D eigenvalue weighted by Crippen LogP contribution is -2.16. The van der Waals surface area contributed by atoms with Crippen molar-refractivity contribution < 1.29 is 5.11 Å². The van der Waals surface area contributed by atoms with E-state index in [-0.39, 0.29) is 12.0 Å². The Labute approximate surface area is 86.1 Å². The molecule has 0 saturated carbocycles. The average molecular weight is 190 g/mol. The highest BCUT2D eigenvalue weighted by Crippen LogP contribution is 2.28. The summed E-state index contributed by atoms with van der Waals surface area (Å²) in [5, 5.41) is 9.15. The van der Waals surface area contributed by atoms with Crippen LogP contribution in [0.15, 0.2) is 36.9 Å². The summed E-state index contributed by atoms with van der Waals surface area (Å²) in [6.07, 6.45) is 0.827. The molecule has 0 fully saturated rings. The third kappa shape index (κ3) is 3.00. The van der Waals surface area contributed by atoms with Gasteiger partial charge in [0.25, 0.3) is 0 Å². The molecule has 0 bridgehead atoms. The van der Waals surface area contributed by atoms with E-state index in [1.165, 1.54) is 0 Å². The molecule has 0 spiro atoms. The summed E-state index contributed by atoms with van der Waals surface area (Å²) in [7, 11) is 0. The molecule has 1 heteroatoms. The van der Waals surface area contributed by atoms with Crippen molar-refractivity contribution in [3.05, 3.63) is 42.5 Å². The summed E-state index contributed by atoms with van der Waals surface area (Å²) in [5.74, 6) is 0. The molecule has 1 aromatic rings. The van der Waals surface area contributed by atoms with E-state index in [0.717, 1.165) is 17.6 Å². The first-order valence-corrected chi connectivity index (χ1v) is 4.89. The maximum Gasteiger partial charge on any atom is 0.0485 e. The highest BCUT2D eigenvalue weighted by molar-refractivity contribution is 5.63. The van der Waals surface area contributed by atoms with Gasteiger partial charge in [0.15, 0.2) is 0 Å². The van der Waals surface area contributed by atoms with Crippen LogP contribution in [-0.2, 0) is 0 Å². The number of hydrogen-bond acceptors (Lipinski definition) is 1. The Kier molecular flexibility index (Phi) is 3.48. The van der Waals surface area contributed by atoms with Crippen LogP contribution in [-0.4, -0.2) is 11.7 Å². The van der Waals surface area contributed by atoms with E-state index in [2.05, 4.69) is 18.7 Å². The quantitative estimate of drug-likeness (QED) is 0.773. The van der Waals surface area contributed by atoms with Gasteiger partial charge < -0.3 is 5.11 Å². The lowest BCUT2D eigenvalue weighted by Gasteiger charge is -2.22. The van der Waals surface area contributed by atoms with Gasteiger partial charge in [0.05, 0.1) is 0 Å². The molecular formula is C13H18O. The van der Waals surface area contributed by atoms with E-state index < -0.39 is 0 Å². The minimum absolute atomic E-state index is 0.0765. The number of hydrogen-bond donors (Lipinski definition) is 1. The minimum atomic E-state index is -0.0765. The summed E-state index contributed by atoms with van der Waals surface area (Å²) < 4.78 is 0. The van der Waals surface area contributed by atoms with Gasteiger partial charge in [-0.2, -0.15) is 0 Å². The van der Waals surface area contributed by atoms with E-state index in [0.29, 0.717) is 0 Å². The maximum absolute atomic E-state index is 9.15. The van der Waals surface area contributed by atoms with Gasteiger partial charge in [0.1, 0.15) is 0 Å². The van der Waals surface area contributed by atoms with Gasteiger partial charge in [-0.15, -0.1) is 0 Å². The third-order valence-electron chi connectivity index (χ3n) is 2.30. The van der Waals surface area contributed by atoms with Crippen LogP contribution in [0.25, 0.3) is 5.57 Å². The number of allylic oxidation sites excluding steroid dienone is 1. The van der Waals surface area contributed by atoms with Crippen molar-refractivity contribution in [2.24, 2.45) is 5.41 Å². The molecule has 0 saturated heterocycles. The van der Waals surface area contributed by atoms with Crippen molar-refractivity contribution in [3.63, 3.8) is 0 Å². The predicted molar refractivity (Wildman–Crippen MR) is 61.0 cm³/mol. The van der Waals surface area contributed by atoms with E-state index >= 15 is 0 Å². The first-order chi connectivity index (χ1) is 6.55. The smallest absolute Gasteiger partial charge is 0.0485 e. The highest BCUT2D eigenvalue weighted by atomic mass is 16.3. The van der Waals surface area contributed by atoms with Gasteiger partial charge in [-0.1, -0.05) is 50.8 Å². The van der Waals surface area contributed by atoms with Crippen molar-refractivity contribution in [3.8, 4) is 0 Å². The first kappa shape index (κ1) is 11.0. The van der Waals surface area contributed by atoms with E-state index in [9.17, 15) is 0 Å². The third-order valence-corrected chi connectivity index (χ3v) is 2.30. The van der Waals surface area contributed by atoms with Crippen molar-refractivity contribution in [1.82, 2.24) is 0 Å². The molecule has 0 aliphatic rings. The number of benzene rings is 1. The average Bonchev–Trinajstić information content (AvgIpc) is 2.19. The second kappa shape index (κ2) is 4.43. The molecule has 1 N–H and O–H groups in total. The predicted octanol–water partition coefficient (Wildman–Crippen LogP) is 3.11. The number of aliphatic hydroxyl groups excluding tert-OH is 1. The number of rotatable bonds is 4. The van der Waals surface area contributed by atoms with Crippen molar-refractivity contribution >= 4 is 5.57 Å². The van der Waals surface area contributed by atoms with E-state index in [1.54, 1.807) is 0 Å². The molecule has 1 rings (SSSR count). The van der Waals surface area contributed by atoms with Gasteiger partial charge in [-0.05, 0) is 23.0 Å². The molecule has 1 aromatic carbocycles. The minimum Gasteiger partial charge on any atom is -0.396 e. The molecule has 0 unspecified atom stereocenters. The van der Waals surface area contributed by atoms with Gasteiger partial charge >= 0.3 is 0 Å². The highest BCUT2D eigenvalue weighted by Gasteiger charge is 2.17. The second-order valence-corrected chi connectivity index (χ2v) is 4.47. The summed E-state index contributed by atoms with van der Waals surface area (Å²) in [6.45, 7) is 8.33. The Balaban J connectivity index is 2.69. The van der Waals surface area contributed by atoms with Crippen LogP contribution in [0.4, 0.5) is 0 Å². The van der Waals surface area contributed by atoms with E-state index in [1.807, 2.05) is 32.0 Å². The van der Waals surface area contributed by atoms with Crippen LogP contribution >= 0.6 is 0 Å². The monoisotopic (exact) mass is 190 g/mol. The van der Waals surface area contributed by atoms with Crippen molar-refractivity contribution in [2.45, 2.75) is 20.3 Å². The molecule has 0 aliphatic carbocycles. The Bertz CT molecular complexity index is 298. The molecular weight excluding hydrogens is 172 g/mol. The van der Waals surface area contributed by atoms with Crippen LogP contribution in [0.2, 0.25) is 0 Å². The molecule has 0 aliphatic heterocycles. The lowest BCUT2D eigenvalue weighted by atomic mass is 9.85. The van der Waals surface area contributed by atoms with Crippen molar-refractivity contribution in [2.75, 3.05) is 6.61 Å².